The molecule has 1 aromatic rings. The summed E-state index contributed by atoms with van der Waals surface area (Å²) in [5, 5.41) is 3.47. The van der Waals surface area contributed by atoms with Crippen LogP contribution < -0.4 is 10.1 Å². The quantitative estimate of drug-likeness (QED) is 0.721. The van der Waals surface area contributed by atoms with Gasteiger partial charge in [0.05, 0.1) is 7.11 Å². The van der Waals surface area contributed by atoms with Gasteiger partial charge in [-0.2, -0.15) is 0 Å². The van der Waals surface area contributed by atoms with Crippen molar-refractivity contribution in [3.63, 3.8) is 0 Å². The Morgan fingerprint density at radius 1 is 1.28 bits per heavy atom. The predicted octanol–water partition coefficient (Wildman–Crippen LogP) is 3.65. The molecule has 0 amide bonds. The molecule has 1 unspecified atom stereocenters. The Kier molecular flexibility index (Phi) is 7.51. The van der Waals surface area contributed by atoms with Crippen LogP contribution in [0.1, 0.15) is 38.7 Å². The molecule has 0 aromatic heterocycles. The molecule has 0 spiro atoms. The van der Waals surface area contributed by atoms with E-state index in [4.69, 9.17) is 4.74 Å². The minimum Gasteiger partial charge on any atom is -0.497 e. The summed E-state index contributed by atoms with van der Waals surface area (Å²) in [5.41, 5.74) is 1.38. The topological polar surface area (TPSA) is 21.3 Å². The van der Waals surface area contributed by atoms with Crippen molar-refractivity contribution in [1.29, 1.82) is 0 Å². The zero-order chi connectivity index (χ0) is 13.2. The third kappa shape index (κ3) is 5.54. The van der Waals surface area contributed by atoms with Gasteiger partial charge in [-0.1, -0.05) is 38.8 Å². The van der Waals surface area contributed by atoms with Crippen LogP contribution in [0.2, 0.25) is 0 Å². The molecule has 0 saturated heterocycles. The second kappa shape index (κ2) is 8.98. The van der Waals surface area contributed by atoms with Gasteiger partial charge in [0.1, 0.15) is 5.75 Å². The first kappa shape index (κ1) is 15.0. The Morgan fingerprint density at radius 3 is 2.78 bits per heavy atom. The summed E-state index contributed by atoms with van der Waals surface area (Å²) in [7, 11) is 1.73. The molecule has 1 aromatic carbocycles. The lowest BCUT2D eigenvalue weighted by atomic mass is 9.94. The second-order valence-electron chi connectivity index (χ2n) is 4.87. The van der Waals surface area contributed by atoms with E-state index in [2.05, 4.69) is 37.4 Å². The minimum absolute atomic E-state index is 0.733. The van der Waals surface area contributed by atoms with Gasteiger partial charge in [0.25, 0.3) is 0 Å². The number of nitrogens with one attached hydrogen (secondary N) is 1. The first-order chi connectivity index (χ1) is 8.80. The van der Waals surface area contributed by atoms with Crippen molar-refractivity contribution < 1.29 is 4.74 Å². The fourth-order valence-electron chi connectivity index (χ4n) is 2.25. The van der Waals surface area contributed by atoms with Gasteiger partial charge in [-0.3, -0.25) is 0 Å². The average molecular weight is 249 g/mol. The third-order valence-corrected chi connectivity index (χ3v) is 3.31. The second-order valence-corrected chi connectivity index (χ2v) is 4.87. The van der Waals surface area contributed by atoms with Crippen LogP contribution in [0.3, 0.4) is 0 Å². The lowest BCUT2D eigenvalue weighted by molar-refractivity contribution is 0.411. The van der Waals surface area contributed by atoms with Crippen molar-refractivity contribution >= 4 is 0 Å². The average Bonchev–Trinajstić information content (AvgIpc) is 2.42. The molecule has 0 bridgehead atoms. The highest BCUT2D eigenvalue weighted by Crippen LogP contribution is 2.18. The normalized spacial score (nSPS) is 12.4. The largest absolute Gasteiger partial charge is 0.497 e. The van der Waals surface area contributed by atoms with Gasteiger partial charge < -0.3 is 10.1 Å². The monoisotopic (exact) mass is 249 g/mol. The third-order valence-electron chi connectivity index (χ3n) is 3.31. The summed E-state index contributed by atoms with van der Waals surface area (Å²) in [4.78, 5) is 0. The summed E-state index contributed by atoms with van der Waals surface area (Å²) < 4.78 is 5.28. The van der Waals surface area contributed by atoms with Crippen LogP contribution in [0.25, 0.3) is 0 Å². The highest BCUT2D eigenvalue weighted by molar-refractivity contribution is 5.28. The molecule has 2 heteroatoms. The molecule has 1 N–H and O–H groups in total. The first-order valence-corrected chi connectivity index (χ1v) is 7.13. The molecule has 18 heavy (non-hydrogen) atoms. The maximum atomic E-state index is 5.28. The first-order valence-electron chi connectivity index (χ1n) is 7.13. The Labute approximate surface area is 112 Å². The number of ether oxygens (including phenoxy) is 1. The predicted molar refractivity (Wildman–Crippen MR) is 78.3 cm³/mol. The lowest BCUT2D eigenvalue weighted by Crippen LogP contribution is -2.24. The standard InChI is InChI=1S/C16H27NO/c1-4-6-8-15(13-17-5-2)11-14-9-7-10-16(12-14)18-3/h7,9-10,12,15,17H,4-6,8,11,13H2,1-3H3. The summed E-state index contributed by atoms with van der Waals surface area (Å²) in [6.07, 6.45) is 5.05. The Hall–Kier alpha value is -1.02. The van der Waals surface area contributed by atoms with Crippen LogP contribution in [-0.4, -0.2) is 20.2 Å². The summed E-state index contributed by atoms with van der Waals surface area (Å²) >= 11 is 0. The van der Waals surface area contributed by atoms with E-state index in [9.17, 15) is 0 Å². The van der Waals surface area contributed by atoms with E-state index < -0.39 is 0 Å². The van der Waals surface area contributed by atoms with Crippen LogP contribution in [0.5, 0.6) is 5.75 Å². The van der Waals surface area contributed by atoms with Crippen molar-refractivity contribution in [2.75, 3.05) is 20.2 Å². The van der Waals surface area contributed by atoms with E-state index in [0.29, 0.717) is 0 Å². The van der Waals surface area contributed by atoms with Gasteiger partial charge in [0.2, 0.25) is 0 Å². The molecule has 0 aliphatic heterocycles. The van der Waals surface area contributed by atoms with Crippen LogP contribution >= 0.6 is 0 Å². The minimum atomic E-state index is 0.733. The number of methoxy groups -OCH3 is 1. The molecule has 102 valence electrons. The SMILES string of the molecule is CCCCC(CNCC)Cc1cccc(OC)c1. The van der Waals surface area contributed by atoms with E-state index in [-0.39, 0.29) is 0 Å². The highest BCUT2D eigenvalue weighted by Gasteiger charge is 2.09. The molecular weight excluding hydrogens is 222 g/mol. The molecule has 1 atom stereocenters. The Balaban J connectivity index is 2.56. The van der Waals surface area contributed by atoms with Crippen molar-refractivity contribution in [3.05, 3.63) is 29.8 Å². The molecule has 1 rings (SSSR count). The molecule has 2 nitrogen and oxygen atoms in total. The molecule has 0 radical (unpaired) electrons. The van der Waals surface area contributed by atoms with Crippen LogP contribution in [0.4, 0.5) is 0 Å². The van der Waals surface area contributed by atoms with Crippen LogP contribution in [0.15, 0.2) is 24.3 Å². The van der Waals surface area contributed by atoms with E-state index in [1.54, 1.807) is 7.11 Å². The van der Waals surface area contributed by atoms with Gasteiger partial charge in [-0.05, 0) is 49.5 Å². The number of hydrogen-bond donors (Lipinski definition) is 1. The van der Waals surface area contributed by atoms with Crippen molar-refractivity contribution in [3.8, 4) is 5.75 Å². The van der Waals surface area contributed by atoms with Gasteiger partial charge >= 0.3 is 0 Å². The lowest BCUT2D eigenvalue weighted by Gasteiger charge is -2.17. The number of rotatable bonds is 9. The summed E-state index contributed by atoms with van der Waals surface area (Å²) in [6.45, 7) is 6.60. The smallest absolute Gasteiger partial charge is 0.119 e. The van der Waals surface area contributed by atoms with Crippen molar-refractivity contribution in [2.45, 2.75) is 39.5 Å². The van der Waals surface area contributed by atoms with Crippen molar-refractivity contribution in [2.24, 2.45) is 5.92 Å². The van der Waals surface area contributed by atoms with Crippen molar-refractivity contribution in [1.82, 2.24) is 5.32 Å². The van der Waals surface area contributed by atoms with Gasteiger partial charge in [0, 0.05) is 0 Å². The Bertz CT molecular complexity index is 317. The summed E-state index contributed by atoms with van der Waals surface area (Å²) in [6, 6.07) is 8.45. The van der Waals surface area contributed by atoms with Crippen LogP contribution in [-0.2, 0) is 6.42 Å². The number of unbranched alkanes of at least 4 members (excludes halogenated alkanes) is 1. The number of hydrogen-bond acceptors (Lipinski definition) is 2. The molecule has 0 saturated carbocycles. The van der Waals surface area contributed by atoms with Gasteiger partial charge in [-0.15, -0.1) is 0 Å². The maximum absolute atomic E-state index is 5.28. The van der Waals surface area contributed by atoms with Gasteiger partial charge in [0.15, 0.2) is 0 Å². The molecule has 0 fully saturated rings. The number of benzene rings is 1. The molecule has 0 aliphatic carbocycles. The van der Waals surface area contributed by atoms with E-state index in [0.717, 1.165) is 31.2 Å². The fraction of sp³-hybridized carbons (Fsp3) is 0.625. The fourth-order valence-corrected chi connectivity index (χ4v) is 2.25. The molecule has 0 heterocycles. The zero-order valence-electron chi connectivity index (χ0n) is 12.0. The molecular formula is C16H27NO. The van der Waals surface area contributed by atoms with E-state index in [1.165, 1.54) is 24.8 Å². The Morgan fingerprint density at radius 2 is 2.11 bits per heavy atom. The van der Waals surface area contributed by atoms with Gasteiger partial charge in [-0.25, -0.2) is 0 Å². The van der Waals surface area contributed by atoms with Crippen LogP contribution in [0, 0.1) is 5.92 Å². The molecule has 0 aliphatic rings. The summed E-state index contributed by atoms with van der Waals surface area (Å²) in [5.74, 6) is 1.70. The maximum Gasteiger partial charge on any atom is 0.119 e. The zero-order valence-corrected chi connectivity index (χ0v) is 12.0. The van der Waals surface area contributed by atoms with E-state index in [1.807, 2.05) is 6.07 Å². The van der Waals surface area contributed by atoms with E-state index >= 15 is 0 Å². The highest BCUT2D eigenvalue weighted by atomic mass is 16.5.